The molecule has 0 radical (unpaired) electrons. The molecule has 0 bridgehead atoms. The maximum Gasteiger partial charge on any atom is 0.168 e. The lowest BCUT2D eigenvalue weighted by molar-refractivity contribution is 0.401. The Morgan fingerprint density at radius 2 is 1.65 bits per heavy atom. The van der Waals surface area contributed by atoms with E-state index in [1.54, 1.807) is 12.1 Å². The highest BCUT2D eigenvalue weighted by Gasteiger charge is 2.13. The van der Waals surface area contributed by atoms with Gasteiger partial charge in [0.05, 0.1) is 12.8 Å². The van der Waals surface area contributed by atoms with E-state index in [1.165, 1.54) is 19.2 Å². The summed E-state index contributed by atoms with van der Waals surface area (Å²) in [7, 11) is 1.46. The number of nitrogens with two attached hydrogens (primary N) is 1. The summed E-state index contributed by atoms with van der Waals surface area (Å²) in [6.45, 7) is 3.70. The number of hydrogen-bond donors (Lipinski definition) is 1. The van der Waals surface area contributed by atoms with Crippen LogP contribution in [0.1, 0.15) is 11.1 Å². The summed E-state index contributed by atoms with van der Waals surface area (Å²) >= 11 is 5.96. The molecule has 0 saturated carbocycles. The SMILES string of the molecule is COc1cc(Oc2c(C)cc(Cl)cc2C)c(F)cc1N. The second-order valence-corrected chi connectivity index (χ2v) is 4.93. The van der Waals surface area contributed by atoms with Crippen molar-refractivity contribution >= 4 is 17.3 Å². The molecule has 2 aromatic carbocycles. The van der Waals surface area contributed by atoms with Crippen LogP contribution in [0.2, 0.25) is 5.02 Å². The fourth-order valence-electron chi connectivity index (χ4n) is 1.97. The monoisotopic (exact) mass is 295 g/mol. The van der Waals surface area contributed by atoms with Gasteiger partial charge < -0.3 is 15.2 Å². The Morgan fingerprint density at radius 1 is 1.05 bits per heavy atom. The molecule has 0 unspecified atom stereocenters. The van der Waals surface area contributed by atoms with E-state index < -0.39 is 5.82 Å². The van der Waals surface area contributed by atoms with E-state index in [0.717, 1.165) is 11.1 Å². The van der Waals surface area contributed by atoms with Gasteiger partial charge in [-0.3, -0.25) is 0 Å². The fraction of sp³-hybridized carbons (Fsp3) is 0.200. The average Bonchev–Trinajstić information content (AvgIpc) is 2.35. The van der Waals surface area contributed by atoms with Crippen molar-refractivity contribution in [2.24, 2.45) is 0 Å². The zero-order valence-corrected chi connectivity index (χ0v) is 12.2. The Bertz CT molecular complexity index is 636. The van der Waals surface area contributed by atoms with Gasteiger partial charge in [-0.05, 0) is 37.1 Å². The second-order valence-electron chi connectivity index (χ2n) is 4.50. The maximum absolute atomic E-state index is 13.9. The van der Waals surface area contributed by atoms with Crippen molar-refractivity contribution in [2.75, 3.05) is 12.8 Å². The third-order valence-corrected chi connectivity index (χ3v) is 3.14. The normalized spacial score (nSPS) is 10.4. The lowest BCUT2D eigenvalue weighted by atomic mass is 10.1. The number of aryl methyl sites for hydroxylation is 2. The van der Waals surface area contributed by atoms with Crippen LogP contribution in [0.3, 0.4) is 0 Å². The molecule has 0 atom stereocenters. The zero-order chi connectivity index (χ0) is 14.9. The number of hydrogen-bond acceptors (Lipinski definition) is 3. The van der Waals surface area contributed by atoms with Crippen molar-refractivity contribution in [1.29, 1.82) is 0 Å². The van der Waals surface area contributed by atoms with Gasteiger partial charge >= 0.3 is 0 Å². The Balaban J connectivity index is 2.45. The van der Waals surface area contributed by atoms with Crippen LogP contribution in [0.25, 0.3) is 0 Å². The van der Waals surface area contributed by atoms with E-state index in [0.29, 0.717) is 16.5 Å². The van der Waals surface area contributed by atoms with Gasteiger partial charge in [0, 0.05) is 17.2 Å². The first kappa shape index (κ1) is 14.5. The highest BCUT2D eigenvalue weighted by Crippen LogP contribution is 2.36. The Hall–Kier alpha value is -1.94. The van der Waals surface area contributed by atoms with E-state index >= 15 is 0 Å². The number of anilines is 1. The van der Waals surface area contributed by atoms with Crippen LogP contribution in [0.5, 0.6) is 17.2 Å². The predicted octanol–water partition coefficient (Wildman–Crippen LogP) is 4.48. The summed E-state index contributed by atoms with van der Waals surface area (Å²) in [5.74, 6) is 0.451. The minimum Gasteiger partial charge on any atom is -0.494 e. The van der Waals surface area contributed by atoms with Gasteiger partial charge in [0.1, 0.15) is 11.5 Å². The lowest BCUT2D eigenvalue weighted by Gasteiger charge is -2.14. The van der Waals surface area contributed by atoms with Gasteiger partial charge in [-0.15, -0.1) is 0 Å². The minimum atomic E-state index is -0.544. The molecule has 0 aliphatic carbocycles. The molecule has 2 aromatic rings. The van der Waals surface area contributed by atoms with Crippen molar-refractivity contribution in [3.05, 3.63) is 46.2 Å². The molecule has 0 heterocycles. The molecule has 0 fully saturated rings. The molecule has 5 heteroatoms. The molecule has 3 nitrogen and oxygen atoms in total. The number of rotatable bonds is 3. The number of benzene rings is 2. The van der Waals surface area contributed by atoms with Gasteiger partial charge in [-0.25, -0.2) is 4.39 Å². The Kier molecular flexibility index (Phi) is 4.04. The molecule has 0 spiro atoms. The van der Waals surface area contributed by atoms with E-state index in [1.807, 2.05) is 13.8 Å². The molecule has 0 aliphatic heterocycles. The third-order valence-electron chi connectivity index (χ3n) is 2.92. The molecule has 2 N–H and O–H groups in total. The molecule has 2 rings (SSSR count). The van der Waals surface area contributed by atoms with Crippen LogP contribution in [0.4, 0.5) is 10.1 Å². The standard InChI is InChI=1S/C15H15ClFNO2/c1-8-4-10(16)5-9(2)15(8)20-13-7-14(19-3)12(18)6-11(13)17/h4-7H,18H2,1-3H3. The highest BCUT2D eigenvalue weighted by molar-refractivity contribution is 6.30. The Labute approximate surface area is 122 Å². The molecule has 106 valence electrons. The summed E-state index contributed by atoms with van der Waals surface area (Å²) in [5, 5.41) is 0.614. The highest BCUT2D eigenvalue weighted by atomic mass is 35.5. The van der Waals surface area contributed by atoms with Crippen molar-refractivity contribution in [3.8, 4) is 17.2 Å². The van der Waals surface area contributed by atoms with Crippen molar-refractivity contribution in [1.82, 2.24) is 0 Å². The maximum atomic E-state index is 13.9. The zero-order valence-electron chi connectivity index (χ0n) is 11.5. The minimum absolute atomic E-state index is 0.0598. The summed E-state index contributed by atoms with van der Waals surface area (Å²) in [4.78, 5) is 0. The molecule has 0 aliphatic rings. The molecule has 0 amide bonds. The van der Waals surface area contributed by atoms with E-state index in [9.17, 15) is 4.39 Å². The van der Waals surface area contributed by atoms with Crippen LogP contribution >= 0.6 is 11.6 Å². The number of ether oxygens (including phenoxy) is 2. The van der Waals surface area contributed by atoms with E-state index in [4.69, 9.17) is 26.8 Å². The smallest absolute Gasteiger partial charge is 0.168 e. The van der Waals surface area contributed by atoms with Gasteiger partial charge in [0.15, 0.2) is 11.6 Å². The summed E-state index contributed by atoms with van der Waals surface area (Å²) in [6, 6.07) is 6.12. The summed E-state index contributed by atoms with van der Waals surface area (Å²) < 4.78 is 24.6. The van der Waals surface area contributed by atoms with E-state index in [2.05, 4.69) is 0 Å². The first-order valence-corrected chi connectivity index (χ1v) is 6.37. The first-order valence-electron chi connectivity index (χ1n) is 6.00. The molecular weight excluding hydrogens is 281 g/mol. The van der Waals surface area contributed by atoms with Crippen molar-refractivity contribution < 1.29 is 13.9 Å². The second kappa shape index (κ2) is 5.59. The van der Waals surface area contributed by atoms with Gasteiger partial charge in [-0.1, -0.05) is 11.6 Å². The lowest BCUT2D eigenvalue weighted by Crippen LogP contribution is -1.98. The molecule has 0 saturated heterocycles. The third kappa shape index (κ3) is 2.80. The van der Waals surface area contributed by atoms with Crippen LogP contribution in [0, 0.1) is 19.7 Å². The largest absolute Gasteiger partial charge is 0.494 e. The van der Waals surface area contributed by atoms with Crippen LogP contribution in [-0.2, 0) is 0 Å². The number of nitrogen functional groups attached to an aromatic ring is 1. The molecular formula is C15H15ClFNO2. The molecule has 0 aromatic heterocycles. The molecule has 20 heavy (non-hydrogen) atoms. The number of methoxy groups -OCH3 is 1. The topological polar surface area (TPSA) is 44.5 Å². The van der Waals surface area contributed by atoms with Crippen LogP contribution in [-0.4, -0.2) is 7.11 Å². The van der Waals surface area contributed by atoms with Crippen molar-refractivity contribution in [3.63, 3.8) is 0 Å². The van der Waals surface area contributed by atoms with Crippen molar-refractivity contribution in [2.45, 2.75) is 13.8 Å². The van der Waals surface area contributed by atoms with Gasteiger partial charge in [0.2, 0.25) is 0 Å². The quantitative estimate of drug-likeness (QED) is 0.849. The van der Waals surface area contributed by atoms with Gasteiger partial charge in [-0.2, -0.15) is 0 Å². The van der Waals surface area contributed by atoms with Crippen LogP contribution < -0.4 is 15.2 Å². The fourth-order valence-corrected chi connectivity index (χ4v) is 2.30. The van der Waals surface area contributed by atoms with Crippen LogP contribution in [0.15, 0.2) is 24.3 Å². The average molecular weight is 296 g/mol. The number of halogens is 2. The Morgan fingerprint density at radius 3 is 2.20 bits per heavy atom. The van der Waals surface area contributed by atoms with E-state index in [-0.39, 0.29) is 11.4 Å². The summed E-state index contributed by atoms with van der Waals surface area (Å²) in [5.41, 5.74) is 7.51. The van der Waals surface area contributed by atoms with Gasteiger partial charge in [0.25, 0.3) is 0 Å². The summed E-state index contributed by atoms with van der Waals surface area (Å²) in [6.07, 6.45) is 0. The predicted molar refractivity (Wildman–Crippen MR) is 78.4 cm³/mol. The first-order chi connectivity index (χ1) is 9.42.